The van der Waals surface area contributed by atoms with Crippen molar-refractivity contribution in [3.8, 4) is 0 Å². The highest BCUT2D eigenvalue weighted by Crippen LogP contribution is 2.33. The van der Waals surface area contributed by atoms with Crippen LogP contribution in [0.4, 0.5) is 0 Å². The van der Waals surface area contributed by atoms with Crippen molar-refractivity contribution in [1.29, 1.82) is 0 Å². The lowest BCUT2D eigenvalue weighted by atomic mass is 9.80. The van der Waals surface area contributed by atoms with Gasteiger partial charge >= 0.3 is 0 Å². The number of benzene rings is 1. The molecule has 0 aliphatic heterocycles. The highest BCUT2D eigenvalue weighted by atomic mass is 35.5. The molecule has 1 nitrogen and oxygen atoms in total. The SMILES string of the molecule is CCCNC(C)CC(C)(C)Cc1cccc(Cl)c1Cl. The minimum Gasteiger partial charge on any atom is -0.314 e. The fraction of sp³-hybridized carbons (Fsp3) is 0.625. The van der Waals surface area contributed by atoms with Gasteiger partial charge in [0.15, 0.2) is 0 Å². The molecule has 0 amide bonds. The zero-order valence-electron chi connectivity index (χ0n) is 12.4. The van der Waals surface area contributed by atoms with E-state index in [4.69, 9.17) is 23.2 Å². The Balaban J connectivity index is 2.65. The van der Waals surface area contributed by atoms with E-state index in [1.165, 1.54) is 6.42 Å². The van der Waals surface area contributed by atoms with Gasteiger partial charge in [0.25, 0.3) is 0 Å². The van der Waals surface area contributed by atoms with Gasteiger partial charge in [0, 0.05) is 6.04 Å². The molecule has 0 saturated carbocycles. The Bertz CT molecular complexity index is 402. The van der Waals surface area contributed by atoms with Crippen LogP contribution in [-0.4, -0.2) is 12.6 Å². The maximum Gasteiger partial charge on any atom is 0.0624 e. The predicted molar refractivity (Wildman–Crippen MR) is 86.3 cm³/mol. The number of rotatable bonds is 7. The summed E-state index contributed by atoms with van der Waals surface area (Å²) < 4.78 is 0. The number of nitrogens with one attached hydrogen (secondary N) is 1. The molecule has 0 aliphatic rings. The Morgan fingerprint density at radius 3 is 2.58 bits per heavy atom. The third-order valence-electron chi connectivity index (χ3n) is 3.30. The first-order valence-electron chi connectivity index (χ1n) is 7.02. The minimum absolute atomic E-state index is 0.203. The van der Waals surface area contributed by atoms with Gasteiger partial charge in [-0.2, -0.15) is 0 Å². The smallest absolute Gasteiger partial charge is 0.0624 e. The van der Waals surface area contributed by atoms with E-state index in [9.17, 15) is 0 Å². The van der Waals surface area contributed by atoms with Crippen LogP contribution < -0.4 is 5.32 Å². The van der Waals surface area contributed by atoms with Crippen LogP contribution in [0.1, 0.15) is 46.1 Å². The van der Waals surface area contributed by atoms with E-state index < -0.39 is 0 Å². The first-order chi connectivity index (χ1) is 8.85. The summed E-state index contributed by atoms with van der Waals surface area (Å²) in [4.78, 5) is 0. The molecule has 0 bridgehead atoms. The Morgan fingerprint density at radius 2 is 1.95 bits per heavy atom. The molecule has 1 atom stereocenters. The van der Waals surface area contributed by atoms with Crippen molar-refractivity contribution in [2.45, 2.75) is 53.0 Å². The van der Waals surface area contributed by atoms with Crippen molar-refractivity contribution >= 4 is 23.2 Å². The van der Waals surface area contributed by atoms with Crippen LogP contribution in [-0.2, 0) is 6.42 Å². The van der Waals surface area contributed by atoms with E-state index in [2.05, 4.69) is 39.1 Å². The van der Waals surface area contributed by atoms with E-state index in [-0.39, 0.29) is 5.41 Å². The van der Waals surface area contributed by atoms with Crippen LogP contribution >= 0.6 is 23.2 Å². The van der Waals surface area contributed by atoms with Gasteiger partial charge in [-0.1, -0.05) is 56.1 Å². The average molecular weight is 302 g/mol. The number of halogens is 2. The van der Waals surface area contributed by atoms with Gasteiger partial charge < -0.3 is 5.32 Å². The number of hydrogen-bond acceptors (Lipinski definition) is 1. The minimum atomic E-state index is 0.203. The van der Waals surface area contributed by atoms with Crippen molar-refractivity contribution in [1.82, 2.24) is 5.32 Å². The molecule has 0 radical (unpaired) electrons. The number of hydrogen-bond donors (Lipinski definition) is 1. The van der Waals surface area contributed by atoms with Crippen LogP contribution in [0.3, 0.4) is 0 Å². The average Bonchev–Trinajstić information content (AvgIpc) is 2.31. The molecule has 19 heavy (non-hydrogen) atoms. The van der Waals surface area contributed by atoms with Gasteiger partial charge in [0.05, 0.1) is 10.0 Å². The van der Waals surface area contributed by atoms with Crippen molar-refractivity contribution in [3.05, 3.63) is 33.8 Å². The summed E-state index contributed by atoms with van der Waals surface area (Å²) in [5.41, 5.74) is 1.34. The zero-order valence-corrected chi connectivity index (χ0v) is 13.9. The molecule has 0 heterocycles. The first-order valence-corrected chi connectivity index (χ1v) is 7.77. The summed E-state index contributed by atoms with van der Waals surface area (Å²) >= 11 is 12.3. The van der Waals surface area contributed by atoms with Crippen molar-refractivity contribution in [3.63, 3.8) is 0 Å². The maximum atomic E-state index is 6.27. The third-order valence-corrected chi connectivity index (χ3v) is 4.16. The molecule has 1 aromatic carbocycles. The second-order valence-corrected chi connectivity index (χ2v) is 6.90. The summed E-state index contributed by atoms with van der Waals surface area (Å²) in [6.45, 7) is 10.1. The molecular weight excluding hydrogens is 277 g/mol. The maximum absolute atomic E-state index is 6.27. The quantitative estimate of drug-likeness (QED) is 0.717. The Labute approximate surface area is 127 Å². The molecule has 0 saturated heterocycles. The molecule has 0 fully saturated rings. The molecule has 1 rings (SSSR count). The van der Waals surface area contributed by atoms with E-state index in [1.54, 1.807) is 0 Å². The Morgan fingerprint density at radius 1 is 1.26 bits per heavy atom. The summed E-state index contributed by atoms with van der Waals surface area (Å²) in [7, 11) is 0. The van der Waals surface area contributed by atoms with E-state index >= 15 is 0 Å². The van der Waals surface area contributed by atoms with Gasteiger partial charge in [0.2, 0.25) is 0 Å². The fourth-order valence-electron chi connectivity index (χ4n) is 2.56. The van der Waals surface area contributed by atoms with Gasteiger partial charge in [-0.15, -0.1) is 0 Å². The largest absolute Gasteiger partial charge is 0.314 e. The summed E-state index contributed by atoms with van der Waals surface area (Å²) in [5.74, 6) is 0. The lowest BCUT2D eigenvalue weighted by Crippen LogP contribution is -2.32. The summed E-state index contributed by atoms with van der Waals surface area (Å²) in [5, 5.41) is 4.89. The normalized spacial score (nSPS) is 13.6. The lowest BCUT2D eigenvalue weighted by molar-refractivity contribution is 0.287. The van der Waals surface area contributed by atoms with Crippen molar-refractivity contribution in [2.75, 3.05) is 6.54 Å². The highest BCUT2D eigenvalue weighted by Gasteiger charge is 2.23. The van der Waals surface area contributed by atoms with Crippen LogP contribution in [0.15, 0.2) is 18.2 Å². The predicted octanol–water partition coefficient (Wildman–Crippen LogP) is 5.34. The molecule has 0 aliphatic carbocycles. The second kappa shape index (κ2) is 7.52. The van der Waals surface area contributed by atoms with E-state index in [0.717, 1.165) is 24.9 Å². The Hall–Kier alpha value is -0.240. The standard InChI is InChI=1S/C16H25Cl2N/c1-5-9-19-12(2)10-16(3,4)11-13-7-6-8-14(17)15(13)18/h6-8,12,19H,5,9-11H2,1-4H3. The zero-order chi connectivity index (χ0) is 14.5. The van der Waals surface area contributed by atoms with Crippen LogP contribution in [0.25, 0.3) is 0 Å². The molecular formula is C16H25Cl2N. The van der Waals surface area contributed by atoms with E-state index in [0.29, 0.717) is 16.1 Å². The Kier molecular flexibility index (Phi) is 6.65. The van der Waals surface area contributed by atoms with Gasteiger partial charge in [0.1, 0.15) is 0 Å². The molecule has 0 spiro atoms. The van der Waals surface area contributed by atoms with Crippen molar-refractivity contribution in [2.24, 2.45) is 5.41 Å². The third kappa shape index (κ3) is 5.72. The van der Waals surface area contributed by atoms with Crippen LogP contribution in [0, 0.1) is 5.41 Å². The highest BCUT2D eigenvalue weighted by molar-refractivity contribution is 6.42. The van der Waals surface area contributed by atoms with E-state index in [1.807, 2.05) is 12.1 Å². The van der Waals surface area contributed by atoms with Crippen LogP contribution in [0.2, 0.25) is 10.0 Å². The molecule has 3 heteroatoms. The second-order valence-electron chi connectivity index (χ2n) is 6.11. The molecule has 108 valence electrons. The molecule has 1 N–H and O–H groups in total. The topological polar surface area (TPSA) is 12.0 Å². The summed E-state index contributed by atoms with van der Waals surface area (Å²) in [6, 6.07) is 6.40. The van der Waals surface area contributed by atoms with Gasteiger partial charge in [-0.25, -0.2) is 0 Å². The summed E-state index contributed by atoms with van der Waals surface area (Å²) in [6.07, 6.45) is 3.24. The molecule has 1 unspecified atom stereocenters. The first kappa shape index (κ1) is 16.8. The fourth-order valence-corrected chi connectivity index (χ4v) is 2.95. The van der Waals surface area contributed by atoms with Gasteiger partial charge in [-0.05, 0) is 49.8 Å². The molecule has 0 aromatic heterocycles. The van der Waals surface area contributed by atoms with Gasteiger partial charge in [-0.3, -0.25) is 0 Å². The monoisotopic (exact) mass is 301 g/mol. The molecule has 1 aromatic rings. The van der Waals surface area contributed by atoms with Crippen molar-refractivity contribution < 1.29 is 0 Å². The lowest BCUT2D eigenvalue weighted by Gasteiger charge is -2.29. The van der Waals surface area contributed by atoms with Crippen LogP contribution in [0.5, 0.6) is 0 Å².